The molecule has 0 saturated carbocycles. The van der Waals surface area contributed by atoms with E-state index < -0.39 is 43.5 Å². The van der Waals surface area contributed by atoms with Crippen molar-refractivity contribution in [3.05, 3.63) is 29.3 Å². The number of sulfonamides is 1. The molecule has 94 valence electrons. The van der Waals surface area contributed by atoms with E-state index in [1.165, 1.54) is 0 Å². The lowest BCUT2D eigenvalue weighted by atomic mass is 10.2. The number of benzene rings is 1. The Morgan fingerprint density at radius 2 is 1.94 bits per heavy atom. The first-order valence-electron chi connectivity index (χ1n) is 4.05. The van der Waals surface area contributed by atoms with E-state index in [1.54, 1.807) is 4.72 Å². The molecule has 0 spiro atoms. The van der Waals surface area contributed by atoms with Crippen LogP contribution in [-0.4, -0.2) is 24.2 Å². The molecular formula is C8H6BrF2NO4S. The largest absolute Gasteiger partial charge is 0.478 e. The average molecular weight is 330 g/mol. The van der Waals surface area contributed by atoms with Crippen LogP contribution in [0.25, 0.3) is 0 Å². The van der Waals surface area contributed by atoms with Gasteiger partial charge in [-0.25, -0.2) is 22.0 Å². The van der Waals surface area contributed by atoms with E-state index in [0.29, 0.717) is 12.1 Å². The van der Waals surface area contributed by atoms with Gasteiger partial charge in [0.2, 0.25) is 10.0 Å². The third-order valence-electron chi connectivity index (χ3n) is 1.70. The monoisotopic (exact) mass is 329 g/mol. The van der Waals surface area contributed by atoms with E-state index in [0.717, 1.165) is 0 Å². The molecule has 1 aromatic carbocycles. The summed E-state index contributed by atoms with van der Waals surface area (Å²) >= 11 is 2.65. The molecule has 5 nitrogen and oxygen atoms in total. The first kappa shape index (κ1) is 13.8. The van der Waals surface area contributed by atoms with Crippen molar-refractivity contribution in [2.45, 2.75) is 0 Å². The molecule has 0 amide bonds. The summed E-state index contributed by atoms with van der Waals surface area (Å²) < 4.78 is 49.7. The van der Waals surface area contributed by atoms with Gasteiger partial charge in [0.1, 0.15) is 16.3 Å². The molecule has 0 atom stereocenters. The zero-order valence-electron chi connectivity index (χ0n) is 8.08. The maximum Gasteiger partial charge on any atom is 0.338 e. The molecule has 0 aliphatic rings. The number of hydrogen-bond acceptors (Lipinski definition) is 3. The van der Waals surface area contributed by atoms with Crippen molar-refractivity contribution >= 4 is 37.6 Å². The van der Waals surface area contributed by atoms with Crippen LogP contribution in [0.5, 0.6) is 0 Å². The Hall–Kier alpha value is -1.22. The molecule has 9 heteroatoms. The first-order chi connectivity index (χ1) is 7.76. The summed E-state index contributed by atoms with van der Waals surface area (Å²) in [6.45, 7) is 0. The van der Waals surface area contributed by atoms with Gasteiger partial charge in [-0.15, -0.1) is 0 Å². The molecule has 2 N–H and O–H groups in total. The van der Waals surface area contributed by atoms with Crippen LogP contribution >= 0.6 is 15.9 Å². The molecule has 0 heterocycles. The number of halogens is 3. The van der Waals surface area contributed by atoms with Crippen LogP contribution in [0.1, 0.15) is 10.4 Å². The Balaban J connectivity index is 3.26. The number of aromatic carboxylic acids is 1. The minimum absolute atomic E-state index is 0.301. The Kier molecular flexibility index (Phi) is 4.04. The Morgan fingerprint density at radius 3 is 2.41 bits per heavy atom. The highest BCUT2D eigenvalue weighted by atomic mass is 79.9. The molecule has 0 aliphatic heterocycles. The van der Waals surface area contributed by atoms with E-state index in [1.807, 2.05) is 0 Å². The molecule has 0 unspecified atom stereocenters. The van der Waals surface area contributed by atoms with Crippen molar-refractivity contribution < 1.29 is 27.1 Å². The van der Waals surface area contributed by atoms with Gasteiger partial charge in [0.05, 0.1) is 11.3 Å². The molecule has 0 aromatic heterocycles. The molecule has 17 heavy (non-hydrogen) atoms. The normalized spacial score (nSPS) is 11.2. The van der Waals surface area contributed by atoms with Crippen molar-refractivity contribution in [3.63, 3.8) is 0 Å². The van der Waals surface area contributed by atoms with Crippen LogP contribution in [0, 0.1) is 11.6 Å². The molecule has 1 rings (SSSR count). The number of carboxylic acids is 1. The van der Waals surface area contributed by atoms with Gasteiger partial charge in [0.25, 0.3) is 0 Å². The number of carbonyl (C=O) groups is 1. The van der Waals surface area contributed by atoms with Crippen molar-refractivity contribution in [1.29, 1.82) is 0 Å². The van der Waals surface area contributed by atoms with Crippen molar-refractivity contribution in [1.82, 2.24) is 0 Å². The van der Waals surface area contributed by atoms with Gasteiger partial charge >= 0.3 is 5.97 Å². The van der Waals surface area contributed by atoms with Crippen LogP contribution in [-0.2, 0) is 10.0 Å². The summed E-state index contributed by atoms with van der Waals surface area (Å²) in [6.07, 6.45) is 0. The number of anilines is 1. The molecule has 1 aromatic rings. The predicted molar refractivity (Wildman–Crippen MR) is 59.7 cm³/mol. The van der Waals surface area contributed by atoms with Crippen LogP contribution < -0.4 is 4.72 Å². The molecule has 0 aliphatic carbocycles. The van der Waals surface area contributed by atoms with Gasteiger partial charge in [-0.3, -0.25) is 4.72 Å². The van der Waals surface area contributed by atoms with E-state index >= 15 is 0 Å². The molecular weight excluding hydrogens is 324 g/mol. The zero-order valence-corrected chi connectivity index (χ0v) is 10.5. The quantitative estimate of drug-likeness (QED) is 0.824. The first-order valence-corrected chi connectivity index (χ1v) is 6.83. The summed E-state index contributed by atoms with van der Waals surface area (Å²) in [5, 5.41) is 8.59. The second-order valence-electron chi connectivity index (χ2n) is 2.94. The third kappa shape index (κ3) is 3.37. The SMILES string of the molecule is O=C(O)c1cc(NS(=O)(=O)CBr)c(F)cc1F. The average Bonchev–Trinajstić information content (AvgIpc) is 2.21. The summed E-state index contributed by atoms with van der Waals surface area (Å²) in [7, 11) is -3.84. The van der Waals surface area contributed by atoms with Gasteiger partial charge < -0.3 is 5.11 Å². The lowest BCUT2D eigenvalue weighted by Crippen LogP contribution is -2.15. The van der Waals surface area contributed by atoms with Gasteiger partial charge in [-0.1, -0.05) is 15.9 Å². The van der Waals surface area contributed by atoms with Crippen LogP contribution in [0.15, 0.2) is 12.1 Å². The van der Waals surface area contributed by atoms with E-state index in [2.05, 4.69) is 15.9 Å². The van der Waals surface area contributed by atoms with Gasteiger partial charge in [0.15, 0.2) is 0 Å². The fourth-order valence-electron chi connectivity index (χ4n) is 0.986. The summed E-state index contributed by atoms with van der Waals surface area (Å²) in [6, 6.07) is 0.878. The second-order valence-corrected chi connectivity index (χ2v) is 5.97. The molecule has 0 bridgehead atoms. The zero-order chi connectivity index (χ0) is 13.2. The van der Waals surface area contributed by atoms with Crippen LogP contribution in [0.3, 0.4) is 0 Å². The van der Waals surface area contributed by atoms with Crippen molar-refractivity contribution in [2.24, 2.45) is 0 Å². The topological polar surface area (TPSA) is 83.5 Å². The maximum atomic E-state index is 13.2. The van der Waals surface area contributed by atoms with E-state index in [-0.39, 0.29) is 0 Å². The second kappa shape index (κ2) is 4.96. The number of carboxylic acid groups (broad SMARTS) is 1. The van der Waals surface area contributed by atoms with Crippen LogP contribution in [0.4, 0.5) is 14.5 Å². The fraction of sp³-hybridized carbons (Fsp3) is 0.125. The lowest BCUT2D eigenvalue weighted by molar-refractivity contribution is 0.0692. The van der Waals surface area contributed by atoms with Gasteiger partial charge in [-0.2, -0.15) is 0 Å². The number of alkyl halides is 1. The smallest absolute Gasteiger partial charge is 0.338 e. The molecule has 0 saturated heterocycles. The predicted octanol–water partition coefficient (Wildman–Crippen LogP) is 1.76. The third-order valence-corrected chi connectivity index (χ3v) is 4.32. The van der Waals surface area contributed by atoms with E-state index in [9.17, 15) is 22.0 Å². The minimum atomic E-state index is -3.84. The van der Waals surface area contributed by atoms with Gasteiger partial charge in [0, 0.05) is 6.07 Å². The Labute approximate surface area is 104 Å². The Morgan fingerprint density at radius 1 is 1.35 bits per heavy atom. The minimum Gasteiger partial charge on any atom is -0.478 e. The number of hydrogen-bond donors (Lipinski definition) is 2. The van der Waals surface area contributed by atoms with Crippen LogP contribution in [0.2, 0.25) is 0 Å². The van der Waals surface area contributed by atoms with Crippen molar-refractivity contribution in [3.8, 4) is 0 Å². The fourth-order valence-corrected chi connectivity index (χ4v) is 1.88. The number of rotatable bonds is 4. The maximum absolute atomic E-state index is 13.2. The number of nitrogens with one attached hydrogen (secondary N) is 1. The molecule has 0 fully saturated rings. The van der Waals surface area contributed by atoms with E-state index in [4.69, 9.17) is 5.11 Å². The van der Waals surface area contributed by atoms with Gasteiger partial charge in [-0.05, 0) is 6.07 Å². The Bertz CT molecular complexity index is 561. The van der Waals surface area contributed by atoms with Crippen molar-refractivity contribution in [2.75, 3.05) is 9.38 Å². The highest BCUT2D eigenvalue weighted by molar-refractivity contribution is 9.10. The summed E-state index contributed by atoms with van der Waals surface area (Å²) in [5.74, 6) is -4.10. The highest BCUT2D eigenvalue weighted by Crippen LogP contribution is 2.21. The molecule has 0 radical (unpaired) electrons. The summed E-state index contributed by atoms with van der Waals surface area (Å²) in [4.78, 5) is 10.6. The highest BCUT2D eigenvalue weighted by Gasteiger charge is 2.18. The lowest BCUT2D eigenvalue weighted by Gasteiger charge is -2.08. The standard InChI is InChI=1S/C8H6BrF2NO4S/c9-3-17(15,16)12-7-1-4(8(13)14)5(10)2-6(7)11/h1-2,12H,3H2,(H,13,14). The summed E-state index contributed by atoms with van der Waals surface area (Å²) in [5.41, 5.74) is -1.44.